The molecule has 3 rings (SSSR count). The normalized spacial score (nSPS) is 20.5. The summed E-state index contributed by atoms with van der Waals surface area (Å²) in [5.74, 6) is -1.01. The molecule has 0 radical (unpaired) electrons. The van der Waals surface area contributed by atoms with Crippen LogP contribution in [0.4, 0.5) is 22.0 Å². The van der Waals surface area contributed by atoms with Gasteiger partial charge >= 0.3 is 11.4 Å². The van der Waals surface area contributed by atoms with E-state index in [1.807, 2.05) is 0 Å². The third-order valence-electron chi connectivity index (χ3n) is 4.06. The summed E-state index contributed by atoms with van der Waals surface area (Å²) in [6, 6.07) is 0. The number of halogens is 5. The number of nitrogens with zero attached hydrogens (tertiary/aromatic N) is 3. The average molecular weight is 433 g/mol. The molecule has 0 unspecified atom stereocenters. The highest BCUT2D eigenvalue weighted by atomic mass is 32.2. The van der Waals surface area contributed by atoms with E-state index < -0.39 is 61.6 Å². The van der Waals surface area contributed by atoms with E-state index in [1.54, 1.807) is 0 Å². The average Bonchev–Trinajstić information content (AvgIpc) is 3.03. The van der Waals surface area contributed by atoms with Gasteiger partial charge < -0.3 is 14.3 Å². The van der Waals surface area contributed by atoms with E-state index in [0.29, 0.717) is 4.68 Å². The molecule has 1 saturated heterocycles. The highest BCUT2D eigenvalue weighted by Crippen LogP contribution is 2.48. The van der Waals surface area contributed by atoms with Gasteiger partial charge in [-0.05, 0) is 13.8 Å². The molecule has 1 fully saturated rings. The molecule has 0 spiro atoms. The van der Waals surface area contributed by atoms with Gasteiger partial charge in [0.2, 0.25) is 5.88 Å². The lowest BCUT2D eigenvalue weighted by atomic mass is 10.1. The van der Waals surface area contributed by atoms with E-state index in [4.69, 9.17) is 14.3 Å². The van der Waals surface area contributed by atoms with E-state index in [1.165, 1.54) is 13.8 Å². The van der Waals surface area contributed by atoms with Crippen LogP contribution in [0.5, 0.6) is 5.88 Å². The minimum absolute atomic E-state index is 0.0426. The topological polar surface area (TPSA) is 92.0 Å². The van der Waals surface area contributed by atoms with Crippen LogP contribution in [0.15, 0.2) is 5.16 Å². The number of rotatable bonds is 4. The number of aryl methyl sites for hydroxylation is 1. The van der Waals surface area contributed by atoms with Crippen molar-refractivity contribution in [1.82, 2.24) is 9.78 Å². The van der Waals surface area contributed by atoms with Crippen molar-refractivity contribution in [3.8, 4) is 5.88 Å². The molecule has 0 bridgehead atoms. The highest BCUT2D eigenvalue weighted by Gasteiger charge is 2.60. The van der Waals surface area contributed by atoms with Crippen LogP contribution in [0, 0.1) is 0 Å². The minimum atomic E-state index is -5.65. The van der Waals surface area contributed by atoms with E-state index in [2.05, 4.69) is 10.3 Å². The molecule has 0 atom stereocenters. The van der Waals surface area contributed by atoms with Crippen LogP contribution in [-0.4, -0.2) is 48.2 Å². The van der Waals surface area contributed by atoms with Crippen LogP contribution < -0.4 is 4.74 Å². The largest absolute Gasteiger partial charge is 0.469 e. The van der Waals surface area contributed by atoms with Crippen LogP contribution in [0.3, 0.4) is 0 Å². The van der Waals surface area contributed by atoms with Gasteiger partial charge in [-0.3, -0.25) is 0 Å². The molecule has 0 N–H and O–H groups in total. The number of hydrogen-bond donors (Lipinski definition) is 0. The van der Waals surface area contributed by atoms with Crippen molar-refractivity contribution in [3.63, 3.8) is 0 Å². The Labute approximate surface area is 156 Å². The molecule has 0 amide bonds. The number of sulfone groups is 1. The molecule has 2 aliphatic heterocycles. The second-order valence-corrected chi connectivity index (χ2v) is 8.95. The van der Waals surface area contributed by atoms with Crippen molar-refractivity contribution in [1.29, 1.82) is 0 Å². The summed E-state index contributed by atoms with van der Waals surface area (Å²) < 4.78 is 106. The maximum absolute atomic E-state index is 15.1. The third-order valence-corrected chi connectivity index (χ3v) is 5.78. The first-order valence-electron chi connectivity index (χ1n) is 7.93. The lowest BCUT2D eigenvalue weighted by molar-refractivity contribution is -0.144. The van der Waals surface area contributed by atoms with Gasteiger partial charge in [-0.25, -0.2) is 13.1 Å². The maximum atomic E-state index is 15.1. The summed E-state index contributed by atoms with van der Waals surface area (Å²) in [7, 11) is -4.71. The first-order chi connectivity index (χ1) is 12.7. The van der Waals surface area contributed by atoms with Crippen molar-refractivity contribution >= 4 is 14.9 Å². The SMILES string of the molecule is Cn1nc(C(F)(F)F)c(C(F)(F)S(=O)(=O)C2=NOC(C)(C)C2)c1OC1COC1. The number of oxime groups is 1. The first-order valence-corrected chi connectivity index (χ1v) is 9.42. The Morgan fingerprint density at radius 2 is 1.82 bits per heavy atom. The van der Waals surface area contributed by atoms with Gasteiger partial charge in [0.25, 0.3) is 9.84 Å². The maximum Gasteiger partial charge on any atom is 0.435 e. The van der Waals surface area contributed by atoms with Crippen molar-refractivity contribution in [3.05, 3.63) is 11.3 Å². The van der Waals surface area contributed by atoms with E-state index >= 15 is 8.78 Å². The lowest BCUT2D eigenvalue weighted by Gasteiger charge is -2.28. The fourth-order valence-corrected chi connectivity index (χ4v) is 4.00. The van der Waals surface area contributed by atoms with Gasteiger partial charge in [0.05, 0.1) is 13.2 Å². The van der Waals surface area contributed by atoms with Crippen LogP contribution in [0.25, 0.3) is 0 Å². The molecule has 0 saturated carbocycles. The fourth-order valence-electron chi connectivity index (χ4n) is 2.57. The highest BCUT2D eigenvalue weighted by molar-refractivity contribution is 8.06. The van der Waals surface area contributed by atoms with Crippen molar-refractivity contribution < 1.29 is 44.7 Å². The van der Waals surface area contributed by atoms with Crippen molar-refractivity contribution in [2.45, 2.75) is 43.4 Å². The zero-order valence-electron chi connectivity index (χ0n) is 14.9. The number of alkyl halides is 5. The molecule has 0 aromatic carbocycles. The number of hydrogen-bond acceptors (Lipinski definition) is 7. The lowest BCUT2D eigenvalue weighted by Crippen LogP contribution is -2.40. The standard InChI is InChI=1S/C14H16F5N3O5S/c1-12(2)4-8(21-27-12)28(23,24)14(18,19)9-10(13(15,16)17)20-22(3)11(9)26-7-5-25-6-7/h7H,4-6H2,1-3H3. The Morgan fingerprint density at radius 1 is 1.21 bits per heavy atom. The third kappa shape index (κ3) is 3.32. The fraction of sp³-hybridized carbons (Fsp3) is 0.714. The van der Waals surface area contributed by atoms with Gasteiger partial charge in [-0.2, -0.15) is 27.1 Å². The van der Waals surface area contributed by atoms with Gasteiger partial charge in [-0.1, -0.05) is 5.16 Å². The minimum Gasteiger partial charge on any atom is -0.469 e. The Balaban J connectivity index is 2.14. The second-order valence-electron chi connectivity index (χ2n) is 6.96. The molecule has 3 heterocycles. The second kappa shape index (κ2) is 6.27. The quantitative estimate of drug-likeness (QED) is 0.676. The van der Waals surface area contributed by atoms with Crippen LogP contribution >= 0.6 is 0 Å². The molecule has 14 heteroatoms. The molecule has 1 aromatic heterocycles. The summed E-state index contributed by atoms with van der Waals surface area (Å²) in [4.78, 5) is 4.78. The molecule has 1 aromatic rings. The zero-order chi connectivity index (χ0) is 21.1. The smallest absolute Gasteiger partial charge is 0.435 e. The molecular weight excluding hydrogens is 417 g/mol. The summed E-state index contributed by atoms with van der Waals surface area (Å²) in [5.41, 5.74) is -5.14. The van der Waals surface area contributed by atoms with Gasteiger partial charge in [-0.15, -0.1) is 0 Å². The van der Waals surface area contributed by atoms with Gasteiger partial charge in [0.15, 0.2) is 10.7 Å². The van der Waals surface area contributed by atoms with E-state index in [0.717, 1.165) is 7.05 Å². The van der Waals surface area contributed by atoms with Crippen LogP contribution in [-0.2, 0) is 37.9 Å². The Kier molecular flexibility index (Phi) is 4.65. The predicted octanol–water partition coefficient (Wildman–Crippen LogP) is 2.19. The van der Waals surface area contributed by atoms with Gasteiger partial charge in [0.1, 0.15) is 17.3 Å². The monoisotopic (exact) mass is 433 g/mol. The number of aromatic nitrogens is 2. The zero-order valence-corrected chi connectivity index (χ0v) is 15.7. The number of ether oxygens (including phenoxy) is 2. The van der Waals surface area contributed by atoms with Crippen LogP contribution in [0.2, 0.25) is 0 Å². The van der Waals surface area contributed by atoms with Gasteiger partial charge in [0, 0.05) is 13.5 Å². The first kappa shape index (κ1) is 20.8. The van der Waals surface area contributed by atoms with Crippen LogP contribution in [0.1, 0.15) is 31.5 Å². The Hall–Kier alpha value is -1.96. The molecule has 8 nitrogen and oxygen atoms in total. The molecule has 2 aliphatic rings. The summed E-state index contributed by atoms with van der Waals surface area (Å²) >= 11 is 0. The molecule has 28 heavy (non-hydrogen) atoms. The molecule has 158 valence electrons. The van der Waals surface area contributed by atoms with E-state index in [-0.39, 0.29) is 13.2 Å². The predicted molar refractivity (Wildman–Crippen MR) is 83.5 cm³/mol. The van der Waals surface area contributed by atoms with Crippen molar-refractivity contribution in [2.24, 2.45) is 12.2 Å². The Morgan fingerprint density at radius 3 is 2.25 bits per heavy atom. The molecule has 0 aliphatic carbocycles. The Bertz CT molecular complexity index is 919. The summed E-state index contributed by atoms with van der Waals surface area (Å²) in [5, 5.41) is 0.109. The van der Waals surface area contributed by atoms with E-state index in [9.17, 15) is 21.6 Å². The summed E-state index contributed by atoms with van der Waals surface area (Å²) in [6.45, 7) is 2.71. The summed E-state index contributed by atoms with van der Waals surface area (Å²) in [6.07, 6.45) is -6.68. The molecular formula is C14H16F5N3O5S. The van der Waals surface area contributed by atoms with Crippen molar-refractivity contribution in [2.75, 3.05) is 13.2 Å².